The van der Waals surface area contributed by atoms with Crippen molar-refractivity contribution in [2.24, 2.45) is 0 Å². The monoisotopic (exact) mass is 390 g/mol. The fourth-order valence-electron chi connectivity index (χ4n) is 1.84. The first kappa shape index (κ1) is 17.1. The number of methoxy groups -OCH3 is 1. The molecule has 4 nitrogen and oxygen atoms in total. The Labute approximate surface area is 147 Å². The lowest BCUT2D eigenvalue weighted by Crippen LogP contribution is -2.13. The first-order chi connectivity index (χ1) is 11.0. The van der Waals surface area contributed by atoms with Crippen LogP contribution in [0.4, 0.5) is 5.69 Å². The molecule has 0 unspecified atom stereocenters. The second kappa shape index (κ2) is 7.82. The summed E-state index contributed by atoms with van der Waals surface area (Å²) in [6.07, 6.45) is 1.50. The van der Waals surface area contributed by atoms with Crippen LogP contribution < -0.4 is 10.1 Å². The fourth-order valence-corrected chi connectivity index (χ4v) is 2.58. The van der Waals surface area contributed by atoms with Gasteiger partial charge in [0.15, 0.2) is 0 Å². The maximum Gasteiger partial charge on any atom is 0.266 e. The molecule has 6 heteroatoms. The van der Waals surface area contributed by atoms with Crippen molar-refractivity contribution in [2.45, 2.75) is 0 Å². The van der Waals surface area contributed by atoms with Gasteiger partial charge in [0.05, 0.1) is 22.3 Å². The van der Waals surface area contributed by atoms with Gasteiger partial charge in [0.1, 0.15) is 17.4 Å². The smallest absolute Gasteiger partial charge is 0.266 e. The van der Waals surface area contributed by atoms with E-state index in [0.29, 0.717) is 22.0 Å². The molecular formula is C17H12BrClN2O2. The van der Waals surface area contributed by atoms with Crippen molar-refractivity contribution in [3.63, 3.8) is 0 Å². The van der Waals surface area contributed by atoms with Crippen LogP contribution in [-0.4, -0.2) is 13.0 Å². The highest BCUT2D eigenvalue weighted by atomic mass is 79.9. The summed E-state index contributed by atoms with van der Waals surface area (Å²) in [6.45, 7) is 0. The molecule has 0 radical (unpaired) electrons. The molecule has 0 spiro atoms. The number of nitrogens with one attached hydrogen (secondary N) is 1. The van der Waals surface area contributed by atoms with Gasteiger partial charge in [-0.15, -0.1) is 0 Å². The first-order valence-electron chi connectivity index (χ1n) is 6.56. The Morgan fingerprint density at radius 1 is 1.35 bits per heavy atom. The second-order valence-electron chi connectivity index (χ2n) is 4.50. The number of para-hydroxylation sites is 1. The third-order valence-electron chi connectivity index (χ3n) is 2.97. The molecule has 1 N–H and O–H groups in total. The van der Waals surface area contributed by atoms with Crippen LogP contribution in [0.5, 0.6) is 5.75 Å². The van der Waals surface area contributed by atoms with Crippen LogP contribution in [0.15, 0.2) is 52.5 Å². The number of nitrogens with zero attached hydrogens (tertiary/aromatic N) is 1. The summed E-state index contributed by atoms with van der Waals surface area (Å²) in [6, 6.07) is 14.0. The number of nitriles is 1. The summed E-state index contributed by atoms with van der Waals surface area (Å²) in [4.78, 5) is 12.2. The lowest BCUT2D eigenvalue weighted by Gasteiger charge is -2.07. The molecule has 2 aromatic carbocycles. The molecule has 2 rings (SSSR count). The van der Waals surface area contributed by atoms with E-state index in [2.05, 4.69) is 21.2 Å². The van der Waals surface area contributed by atoms with E-state index in [1.807, 2.05) is 6.07 Å². The molecule has 0 saturated heterocycles. The van der Waals surface area contributed by atoms with Crippen molar-refractivity contribution in [2.75, 3.05) is 12.4 Å². The molecule has 116 valence electrons. The normalized spacial score (nSPS) is 10.8. The van der Waals surface area contributed by atoms with Crippen LogP contribution in [0.3, 0.4) is 0 Å². The summed E-state index contributed by atoms with van der Waals surface area (Å²) < 4.78 is 5.88. The summed E-state index contributed by atoms with van der Waals surface area (Å²) in [5.41, 5.74) is 1.13. The molecule has 0 fully saturated rings. The van der Waals surface area contributed by atoms with Crippen LogP contribution in [0.1, 0.15) is 5.56 Å². The van der Waals surface area contributed by atoms with Gasteiger partial charge in [-0.05, 0) is 51.8 Å². The van der Waals surface area contributed by atoms with Gasteiger partial charge in [0.2, 0.25) is 0 Å². The highest BCUT2D eigenvalue weighted by molar-refractivity contribution is 9.10. The fraction of sp³-hybridized carbons (Fsp3) is 0.0588. The van der Waals surface area contributed by atoms with Gasteiger partial charge in [-0.25, -0.2) is 0 Å². The predicted molar refractivity (Wildman–Crippen MR) is 94.4 cm³/mol. The van der Waals surface area contributed by atoms with Crippen molar-refractivity contribution < 1.29 is 9.53 Å². The van der Waals surface area contributed by atoms with Crippen molar-refractivity contribution in [3.05, 3.63) is 63.1 Å². The average molecular weight is 392 g/mol. The van der Waals surface area contributed by atoms with E-state index in [4.69, 9.17) is 16.3 Å². The summed E-state index contributed by atoms with van der Waals surface area (Å²) in [5, 5.41) is 12.3. The molecule has 0 heterocycles. The summed E-state index contributed by atoms with van der Waals surface area (Å²) in [5.74, 6) is 0.147. The molecule has 1 amide bonds. The van der Waals surface area contributed by atoms with Crippen LogP contribution in [-0.2, 0) is 4.79 Å². The molecule has 0 bridgehead atoms. The highest BCUT2D eigenvalue weighted by Crippen LogP contribution is 2.27. The van der Waals surface area contributed by atoms with Gasteiger partial charge < -0.3 is 10.1 Å². The summed E-state index contributed by atoms with van der Waals surface area (Å²) in [7, 11) is 1.56. The van der Waals surface area contributed by atoms with Gasteiger partial charge in [-0.1, -0.05) is 29.8 Å². The zero-order valence-electron chi connectivity index (χ0n) is 12.1. The molecule has 2 aromatic rings. The minimum Gasteiger partial charge on any atom is -0.496 e. The molecule has 0 aliphatic carbocycles. The van der Waals surface area contributed by atoms with Gasteiger partial charge in [-0.2, -0.15) is 5.26 Å². The topological polar surface area (TPSA) is 62.1 Å². The van der Waals surface area contributed by atoms with Crippen LogP contribution >= 0.6 is 27.5 Å². The van der Waals surface area contributed by atoms with Crippen LogP contribution in [0.2, 0.25) is 5.02 Å². The predicted octanol–water partition coefficient (Wildman–Crippen LogP) is 4.66. The van der Waals surface area contributed by atoms with E-state index in [1.54, 1.807) is 49.6 Å². The number of amides is 1. The number of ether oxygens (including phenoxy) is 1. The molecule has 0 atom stereocenters. The lowest BCUT2D eigenvalue weighted by atomic mass is 10.1. The van der Waals surface area contributed by atoms with Crippen molar-refractivity contribution in [3.8, 4) is 11.8 Å². The maximum atomic E-state index is 12.2. The minimum absolute atomic E-state index is 0.0259. The lowest BCUT2D eigenvalue weighted by molar-refractivity contribution is -0.112. The van der Waals surface area contributed by atoms with E-state index >= 15 is 0 Å². The van der Waals surface area contributed by atoms with Crippen LogP contribution in [0.25, 0.3) is 6.08 Å². The van der Waals surface area contributed by atoms with Gasteiger partial charge >= 0.3 is 0 Å². The quantitative estimate of drug-likeness (QED) is 0.609. The first-order valence-corrected chi connectivity index (χ1v) is 7.73. The molecular weight excluding hydrogens is 380 g/mol. The van der Waals surface area contributed by atoms with E-state index in [0.717, 1.165) is 4.47 Å². The largest absolute Gasteiger partial charge is 0.496 e. The molecule has 23 heavy (non-hydrogen) atoms. The standard InChI is InChI=1S/C17H12BrClN2O2/c1-23-16-7-6-11(9-13(16)18)8-12(10-20)17(22)21-15-5-3-2-4-14(15)19/h2-9H,1H3,(H,21,22). The van der Waals surface area contributed by atoms with E-state index in [-0.39, 0.29) is 5.57 Å². The SMILES string of the molecule is COc1ccc(C=C(C#N)C(=O)Nc2ccccc2Cl)cc1Br. The number of benzene rings is 2. The Kier molecular flexibility index (Phi) is 5.80. The number of hydrogen-bond donors (Lipinski definition) is 1. The van der Waals surface area contributed by atoms with E-state index in [9.17, 15) is 10.1 Å². The maximum absolute atomic E-state index is 12.2. The molecule has 0 aliphatic rings. The zero-order valence-corrected chi connectivity index (χ0v) is 14.5. The van der Waals surface area contributed by atoms with Crippen molar-refractivity contribution in [1.29, 1.82) is 5.26 Å². The molecule has 0 aliphatic heterocycles. The van der Waals surface area contributed by atoms with Crippen molar-refractivity contribution >= 4 is 45.2 Å². The van der Waals surface area contributed by atoms with E-state index in [1.165, 1.54) is 6.08 Å². The number of rotatable bonds is 4. The Morgan fingerprint density at radius 2 is 2.09 bits per heavy atom. The van der Waals surface area contributed by atoms with Gasteiger partial charge in [0, 0.05) is 0 Å². The number of carbonyl (C=O) groups excluding carboxylic acids is 1. The Bertz CT molecular complexity index is 812. The number of carbonyl (C=O) groups is 1. The number of hydrogen-bond acceptors (Lipinski definition) is 3. The summed E-state index contributed by atoms with van der Waals surface area (Å²) >= 11 is 9.36. The number of anilines is 1. The Balaban J connectivity index is 2.25. The van der Waals surface area contributed by atoms with Gasteiger partial charge in [0.25, 0.3) is 5.91 Å². The third kappa shape index (κ3) is 4.35. The minimum atomic E-state index is -0.521. The second-order valence-corrected chi connectivity index (χ2v) is 5.76. The van der Waals surface area contributed by atoms with Gasteiger partial charge in [-0.3, -0.25) is 4.79 Å². The third-order valence-corrected chi connectivity index (χ3v) is 3.92. The number of halogens is 2. The Morgan fingerprint density at radius 3 is 2.70 bits per heavy atom. The van der Waals surface area contributed by atoms with E-state index < -0.39 is 5.91 Å². The molecule has 0 aromatic heterocycles. The average Bonchev–Trinajstić information content (AvgIpc) is 2.54. The molecule has 0 saturated carbocycles. The Hall–Kier alpha value is -2.29. The van der Waals surface area contributed by atoms with Crippen LogP contribution in [0, 0.1) is 11.3 Å². The van der Waals surface area contributed by atoms with Crippen molar-refractivity contribution in [1.82, 2.24) is 0 Å². The highest BCUT2D eigenvalue weighted by Gasteiger charge is 2.11. The zero-order chi connectivity index (χ0) is 16.8.